The average molecular weight is 320 g/mol. The topological polar surface area (TPSA) is 85.4 Å². The molecule has 0 unspecified atom stereocenters. The van der Waals surface area contributed by atoms with Crippen LogP contribution < -0.4 is 5.32 Å². The van der Waals surface area contributed by atoms with E-state index in [9.17, 15) is 14.9 Å². The quantitative estimate of drug-likeness (QED) is 0.675. The maximum atomic E-state index is 12.1. The van der Waals surface area contributed by atoms with Gasteiger partial charge in [0.05, 0.1) is 6.07 Å². The first-order valence-corrected chi connectivity index (χ1v) is 8.05. The summed E-state index contributed by atoms with van der Waals surface area (Å²) in [5, 5.41) is 15.5. The molecule has 2 heterocycles. The summed E-state index contributed by atoms with van der Waals surface area (Å²) in [5.74, 6) is -0.846. The molecule has 1 aliphatic rings. The molecule has 0 atom stereocenters. The van der Waals surface area contributed by atoms with Gasteiger partial charge in [0.2, 0.25) is 0 Å². The number of amides is 1. The van der Waals surface area contributed by atoms with E-state index in [0.717, 1.165) is 25.7 Å². The first-order valence-electron chi connectivity index (χ1n) is 7.17. The molecule has 6 nitrogen and oxygen atoms in total. The molecule has 7 heteroatoms. The Morgan fingerprint density at radius 3 is 2.73 bits per heavy atom. The molecule has 116 valence electrons. The number of rotatable bonds is 5. The molecule has 1 N–H and O–H groups in total. The van der Waals surface area contributed by atoms with E-state index in [2.05, 4.69) is 11.4 Å². The lowest BCUT2D eigenvalue weighted by Crippen LogP contribution is -2.38. The van der Waals surface area contributed by atoms with E-state index < -0.39 is 16.7 Å². The van der Waals surface area contributed by atoms with E-state index >= 15 is 0 Å². The van der Waals surface area contributed by atoms with Gasteiger partial charge < -0.3 is 9.73 Å². The Labute approximate surface area is 131 Å². The van der Waals surface area contributed by atoms with Crippen LogP contribution in [0.15, 0.2) is 34.1 Å². The Kier molecular flexibility index (Phi) is 3.98. The number of furan rings is 1. The highest BCUT2D eigenvalue weighted by molar-refractivity contribution is 7.10. The molecule has 0 spiro atoms. The van der Waals surface area contributed by atoms with Crippen LogP contribution in [0.2, 0.25) is 0 Å². The van der Waals surface area contributed by atoms with Crippen LogP contribution >= 0.6 is 11.3 Å². The average Bonchev–Trinajstić information content (AvgIpc) is 3.24. The van der Waals surface area contributed by atoms with Crippen molar-refractivity contribution in [3.8, 4) is 0 Å². The minimum absolute atomic E-state index is 0.0116. The summed E-state index contributed by atoms with van der Waals surface area (Å²) in [5.41, 5.74) is -0.0116. The zero-order valence-electron chi connectivity index (χ0n) is 11.9. The molecule has 0 radical (unpaired) electrons. The molecule has 0 bridgehead atoms. The molecular weight excluding hydrogens is 304 g/mol. The summed E-state index contributed by atoms with van der Waals surface area (Å²) in [6.45, 7) is 0.529. The van der Waals surface area contributed by atoms with Gasteiger partial charge in [0.1, 0.15) is 4.92 Å². The van der Waals surface area contributed by atoms with Crippen LogP contribution in [-0.4, -0.2) is 17.4 Å². The standard InChI is InChI=1S/C15H16N2O4S/c18-14(11-5-6-13(21-11)17(19)20)16-10-15(7-1-2-8-15)12-4-3-9-22-12/h3-6,9H,1-2,7-8,10H2,(H,16,18). The number of nitro groups is 1. The van der Waals surface area contributed by atoms with Gasteiger partial charge in [0.25, 0.3) is 5.91 Å². The highest BCUT2D eigenvalue weighted by Crippen LogP contribution is 2.42. The van der Waals surface area contributed by atoms with Crippen molar-refractivity contribution in [1.82, 2.24) is 5.32 Å². The highest BCUT2D eigenvalue weighted by atomic mass is 32.1. The zero-order valence-corrected chi connectivity index (χ0v) is 12.7. The van der Waals surface area contributed by atoms with Crippen LogP contribution in [-0.2, 0) is 5.41 Å². The van der Waals surface area contributed by atoms with Gasteiger partial charge in [-0.05, 0) is 30.4 Å². The van der Waals surface area contributed by atoms with Crippen molar-refractivity contribution in [2.75, 3.05) is 6.54 Å². The van der Waals surface area contributed by atoms with Crippen LogP contribution in [0, 0.1) is 10.1 Å². The lowest BCUT2D eigenvalue weighted by Gasteiger charge is -2.28. The molecule has 1 fully saturated rings. The first-order chi connectivity index (χ1) is 10.6. The molecule has 0 aromatic carbocycles. The van der Waals surface area contributed by atoms with Crippen LogP contribution in [0.1, 0.15) is 41.1 Å². The van der Waals surface area contributed by atoms with Crippen molar-refractivity contribution in [2.24, 2.45) is 0 Å². The van der Waals surface area contributed by atoms with Gasteiger partial charge in [-0.2, -0.15) is 0 Å². The summed E-state index contributed by atoms with van der Waals surface area (Å²) >= 11 is 1.71. The molecule has 1 amide bonds. The van der Waals surface area contributed by atoms with E-state index in [-0.39, 0.29) is 11.2 Å². The summed E-state index contributed by atoms with van der Waals surface area (Å²) in [6, 6.07) is 6.66. The lowest BCUT2D eigenvalue weighted by molar-refractivity contribution is -0.402. The molecule has 0 saturated heterocycles. The minimum atomic E-state index is -0.652. The number of carbonyl (C=O) groups excluding carboxylic acids is 1. The van der Waals surface area contributed by atoms with Gasteiger partial charge in [0, 0.05) is 16.8 Å². The van der Waals surface area contributed by atoms with Gasteiger partial charge >= 0.3 is 5.88 Å². The Balaban J connectivity index is 1.70. The van der Waals surface area contributed by atoms with Crippen molar-refractivity contribution in [3.63, 3.8) is 0 Å². The molecule has 2 aromatic heterocycles. The van der Waals surface area contributed by atoms with Gasteiger partial charge in [-0.25, -0.2) is 0 Å². The van der Waals surface area contributed by atoms with Crippen molar-refractivity contribution < 1.29 is 14.1 Å². The second-order valence-corrected chi connectivity index (χ2v) is 6.49. The second kappa shape index (κ2) is 5.92. The van der Waals surface area contributed by atoms with Gasteiger partial charge in [-0.1, -0.05) is 18.9 Å². The highest BCUT2D eigenvalue weighted by Gasteiger charge is 2.37. The number of hydrogen-bond acceptors (Lipinski definition) is 5. The molecule has 0 aliphatic heterocycles. The smallest absolute Gasteiger partial charge is 0.395 e. The zero-order chi connectivity index (χ0) is 15.6. The predicted octanol–water partition coefficient (Wildman–Crippen LogP) is 3.49. The van der Waals surface area contributed by atoms with Gasteiger partial charge in [-0.15, -0.1) is 11.3 Å². The fraction of sp³-hybridized carbons (Fsp3) is 0.400. The number of nitrogens with one attached hydrogen (secondary N) is 1. The maximum Gasteiger partial charge on any atom is 0.433 e. The number of carbonyl (C=O) groups is 1. The van der Waals surface area contributed by atoms with E-state index in [1.165, 1.54) is 17.0 Å². The molecule has 22 heavy (non-hydrogen) atoms. The Morgan fingerprint density at radius 1 is 1.36 bits per heavy atom. The third-order valence-electron chi connectivity index (χ3n) is 4.19. The Bertz CT molecular complexity index is 672. The summed E-state index contributed by atoms with van der Waals surface area (Å²) in [6.07, 6.45) is 4.40. The summed E-state index contributed by atoms with van der Waals surface area (Å²) in [4.78, 5) is 23.4. The number of thiophene rings is 1. The van der Waals surface area contributed by atoms with Crippen molar-refractivity contribution >= 4 is 23.1 Å². The van der Waals surface area contributed by atoms with E-state index in [4.69, 9.17) is 4.42 Å². The van der Waals surface area contributed by atoms with Crippen LogP contribution in [0.4, 0.5) is 5.88 Å². The fourth-order valence-corrected chi connectivity index (χ4v) is 4.01. The number of nitrogens with zero attached hydrogens (tertiary/aromatic N) is 1. The third-order valence-corrected chi connectivity index (χ3v) is 5.30. The van der Waals surface area contributed by atoms with Crippen LogP contribution in [0.25, 0.3) is 0 Å². The summed E-state index contributed by atoms with van der Waals surface area (Å²) in [7, 11) is 0. The molecule has 1 aliphatic carbocycles. The van der Waals surface area contributed by atoms with Crippen molar-refractivity contribution in [2.45, 2.75) is 31.1 Å². The first kappa shape index (κ1) is 14.8. The maximum absolute atomic E-state index is 12.1. The predicted molar refractivity (Wildman–Crippen MR) is 82.2 cm³/mol. The van der Waals surface area contributed by atoms with Gasteiger partial charge in [0.15, 0.2) is 5.76 Å². The SMILES string of the molecule is O=C(NCC1(c2cccs2)CCCC1)c1ccc([N+](=O)[O-])o1. The third kappa shape index (κ3) is 2.76. The Hall–Kier alpha value is -2.15. The molecule has 2 aromatic rings. The minimum Gasteiger partial charge on any atom is -0.395 e. The van der Waals surface area contributed by atoms with Crippen LogP contribution in [0.5, 0.6) is 0 Å². The van der Waals surface area contributed by atoms with E-state index in [1.54, 1.807) is 11.3 Å². The van der Waals surface area contributed by atoms with Crippen molar-refractivity contribution in [3.05, 3.63) is 50.4 Å². The van der Waals surface area contributed by atoms with Gasteiger partial charge in [-0.3, -0.25) is 14.9 Å². The summed E-state index contributed by atoms with van der Waals surface area (Å²) < 4.78 is 4.94. The normalized spacial score (nSPS) is 16.5. The fourth-order valence-electron chi connectivity index (χ4n) is 3.03. The molecule has 1 saturated carbocycles. The monoisotopic (exact) mass is 320 g/mol. The Morgan fingerprint density at radius 2 is 2.14 bits per heavy atom. The lowest BCUT2D eigenvalue weighted by atomic mass is 9.84. The molecular formula is C15H16N2O4S. The van der Waals surface area contributed by atoms with E-state index in [1.807, 2.05) is 11.4 Å². The number of hydrogen-bond donors (Lipinski definition) is 1. The van der Waals surface area contributed by atoms with Crippen LogP contribution in [0.3, 0.4) is 0 Å². The molecule has 3 rings (SSSR count). The largest absolute Gasteiger partial charge is 0.433 e. The van der Waals surface area contributed by atoms with E-state index in [0.29, 0.717) is 6.54 Å². The van der Waals surface area contributed by atoms with Crippen molar-refractivity contribution in [1.29, 1.82) is 0 Å². The second-order valence-electron chi connectivity index (χ2n) is 5.54.